The van der Waals surface area contributed by atoms with Crippen molar-refractivity contribution in [3.05, 3.63) is 70.4 Å². The zero-order chi connectivity index (χ0) is 21.6. The summed E-state index contributed by atoms with van der Waals surface area (Å²) in [6, 6.07) is 6.60. The van der Waals surface area contributed by atoms with E-state index < -0.39 is 35.4 Å². The molecule has 8 heteroatoms. The first-order chi connectivity index (χ1) is 14.1. The molecule has 1 atom stereocenters. The Labute approximate surface area is 169 Å². The van der Waals surface area contributed by atoms with Crippen LogP contribution in [0.25, 0.3) is 10.9 Å². The number of hydrogen-bond donors (Lipinski definition) is 0. The Kier molecular flexibility index (Phi) is 5.03. The largest absolute Gasteiger partial charge is 0.456 e. The van der Waals surface area contributed by atoms with Gasteiger partial charge in [-0.15, -0.1) is 0 Å². The van der Waals surface area contributed by atoms with Crippen LogP contribution in [0.5, 0.6) is 0 Å². The highest BCUT2D eigenvalue weighted by Crippen LogP contribution is 2.41. The Balaban J connectivity index is 1.86. The predicted molar refractivity (Wildman–Crippen MR) is 99.8 cm³/mol. The second-order valence-corrected chi connectivity index (χ2v) is 7.42. The first kappa shape index (κ1) is 20.4. The normalized spacial score (nSPS) is 16.5. The average Bonchev–Trinajstić information content (AvgIpc) is 2.96. The minimum Gasteiger partial charge on any atom is -0.456 e. The lowest BCUT2D eigenvalue weighted by Gasteiger charge is -2.25. The summed E-state index contributed by atoms with van der Waals surface area (Å²) < 4.78 is 74.3. The molecule has 3 nitrogen and oxygen atoms in total. The molecule has 0 fully saturated rings. The quantitative estimate of drug-likeness (QED) is 0.386. The number of alkyl halides is 3. The van der Waals surface area contributed by atoms with Gasteiger partial charge in [0.05, 0.1) is 16.8 Å². The molecule has 2 aromatic carbocycles. The van der Waals surface area contributed by atoms with Crippen LogP contribution in [0.4, 0.5) is 22.0 Å². The van der Waals surface area contributed by atoms with E-state index in [-0.39, 0.29) is 12.1 Å². The number of nitrogens with zero attached hydrogens (tertiary/aromatic N) is 1. The number of fused-ring (bicyclic) bond motifs is 3. The van der Waals surface area contributed by atoms with Gasteiger partial charge in [-0.3, -0.25) is 4.79 Å². The predicted octanol–water partition coefficient (Wildman–Crippen LogP) is 5.93. The van der Waals surface area contributed by atoms with Crippen LogP contribution < -0.4 is 0 Å². The van der Waals surface area contributed by atoms with Crippen molar-refractivity contribution >= 4 is 16.9 Å². The summed E-state index contributed by atoms with van der Waals surface area (Å²) in [4.78, 5) is 11.6. The maximum Gasteiger partial charge on any atom is 0.416 e. The zero-order valence-corrected chi connectivity index (χ0v) is 16.0. The van der Waals surface area contributed by atoms with Gasteiger partial charge in [-0.1, -0.05) is 12.1 Å². The molecule has 3 aromatic rings. The van der Waals surface area contributed by atoms with E-state index in [2.05, 4.69) is 0 Å². The minimum absolute atomic E-state index is 0.0598. The van der Waals surface area contributed by atoms with E-state index in [1.807, 2.05) is 0 Å². The molecule has 1 aliphatic rings. The zero-order valence-electron chi connectivity index (χ0n) is 16.0. The van der Waals surface area contributed by atoms with Crippen molar-refractivity contribution in [3.8, 4) is 0 Å². The molecule has 0 N–H and O–H groups in total. The van der Waals surface area contributed by atoms with E-state index in [0.29, 0.717) is 41.5 Å². The van der Waals surface area contributed by atoms with Crippen LogP contribution in [0.15, 0.2) is 36.4 Å². The minimum atomic E-state index is -4.46. The summed E-state index contributed by atoms with van der Waals surface area (Å²) in [6.07, 6.45) is -3.31. The van der Waals surface area contributed by atoms with Gasteiger partial charge in [-0.25, -0.2) is 8.78 Å². The fraction of sp³-hybridized carbons (Fsp3) is 0.318. The number of ether oxygens (including phenoxy) is 1. The first-order valence-corrected chi connectivity index (χ1v) is 9.48. The van der Waals surface area contributed by atoms with Crippen LogP contribution in [0.2, 0.25) is 0 Å². The molecule has 0 aliphatic heterocycles. The molecule has 1 unspecified atom stereocenters. The lowest BCUT2D eigenvalue weighted by Crippen LogP contribution is -2.19. The van der Waals surface area contributed by atoms with Crippen molar-refractivity contribution in [1.82, 2.24) is 4.57 Å². The lowest BCUT2D eigenvalue weighted by molar-refractivity contribution is -0.147. The Morgan fingerprint density at radius 1 is 1.17 bits per heavy atom. The van der Waals surface area contributed by atoms with Crippen molar-refractivity contribution in [3.63, 3.8) is 0 Å². The molecule has 0 radical (unpaired) electrons. The number of carbonyl (C=O) groups is 1. The van der Waals surface area contributed by atoms with E-state index in [4.69, 9.17) is 4.74 Å². The van der Waals surface area contributed by atoms with Crippen molar-refractivity contribution in [2.45, 2.75) is 45.0 Å². The topological polar surface area (TPSA) is 31.2 Å². The van der Waals surface area contributed by atoms with Crippen molar-refractivity contribution < 1.29 is 31.5 Å². The Hall–Kier alpha value is -2.90. The van der Waals surface area contributed by atoms with Crippen LogP contribution in [0.1, 0.15) is 48.3 Å². The standard InChI is InChI=1S/C22H18F5NO2/c1-12(29)30-19-4-2-3-16-17-9-15(23)10-18(24)20(17)28(21(16)19)11-13-5-7-14(8-6-13)22(25,26)27/h5-10,19H,2-4,11H2,1H3. The summed E-state index contributed by atoms with van der Waals surface area (Å²) in [6.45, 7) is 1.33. The van der Waals surface area contributed by atoms with Gasteiger partial charge in [-0.05, 0) is 48.6 Å². The van der Waals surface area contributed by atoms with Gasteiger partial charge in [-0.2, -0.15) is 13.2 Å². The fourth-order valence-electron chi connectivity index (χ4n) is 4.18. The molecular weight excluding hydrogens is 405 g/mol. The number of esters is 1. The molecule has 1 aliphatic carbocycles. The van der Waals surface area contributed by atoms with E-state index in [0.717, 1.165) is 18.2 Å². The summed E-state index contributed by atoms with van der Waals surface area (Å²) in [7, 11) is 0. The van der Waals surface area contributed by atoms with Crippen molar-refractivity contribution in [1.29, 1.82) is 0 Å². The number of benzene rings is 2. The molecule has 0 saturated heterocycles. The van der Waals surface area contributed by atoms with Crippen LogP contribution in [0, 0.1) is 11.6 Å². The Morgan fingerprint density at radius 3 is 2.50 bits per heavy atom. The highest BCUT2D eigenvalue weighted by Gasteiger charge is 2.32. The van der Waals surface area contributed by atoms with Crippen LogP contribution in [0.3, 0.4) is 0 Å². The number of aromatic nitrogens is 1. The van der Waals surface area contributed by atoms with Crippen molar-refractivity contribution in [2.24, 2.45) is 0 Å². The van der Waals surface area contributed by atoms with Crippen LogP contribution >= 0.6 is 0 Å². The number of carbonyl (C=O) groups excluding carboxylic acids is 1. The van der Waals surface area contributed by atoms with E-state index >= 15 is 0 Å². The van der Waals surface area contributed by atoms with Crippen LogP contribution in [-0.2, 0) is 28.7 Å². The van der Waals surface area contributed by atoms with Gasteiger partial charge >= 0.3 is 12.1 Å². The molecule has 0 spiro atoms. The van der Waals surface area contributed by atoms with Gasteiger partial charge in [0.25, 0.3) is 0 Å². The summed E-state index contributed by atoms with van der Waals surface area (Å²) in [5, 5.41) is 0.395. The SMILES string of the molecule is CC(=O)OC1CCCc2c1n(Cc1ccc(C(F)(F)F)cc1)c1c(F)cc(F)cc21. The molecular formula is C22H18F5NO2. The number of halogens is 5. The third kappa shape index (κ3) is 3.66. The number of aryl methyl sites for hydroxylation is 1. The molecule has 1 heterocycles. The number of rotatable bonds is 3. The van der Waals surface area contributed by atoms with Gasteiger partial charge in [0, 0.05) is 24.9 Å². The molecule has 1 aromatic heterocycles. The first-order valence-electron chi connectivity index (χ1n) is 9.48. The van der Waals surface area contributed by atoms with E-state index in [9.17, 15) is 26.7 Å². The smallest absolute Gasteiger partial charge is 0.416 e. The highest BCUT2D eigenvalue weighted by molar-refractivity contribution is 5.87. The second kappa shape index (κ2) is 7.41. The summed E-state index contributed by atoms with van der Waals surface area (Å²) in [5.41, 5.74) is 1.15. The van der Waals surface area contributed by atoms with Gasteiger partial charge in [0.15, 0.2) is 0 Å². The second-order valence-electron chi connectivity index (χ2n) is 7.42. The summed E-state index contributed by atoms with van der Waals surface area (Å²) >= 11 is 0. The Morgan fingerprint density at radius 2 is 1.87 bits per heavy atom. The molecule has 0 saturated carbocycles. The molecule has 4 rings (SSSR count). The monoisotopic (exact) mass is 423 g/mol. The lowest BCUT2D eigenvalue weighted by atomic mass is 9.93. The van der Waals surface area contributed by atoms with E-state index in [1.165, 1.54) is 25.1 Å². The van der Waals surface area contributed by atoms with E-state index in [1.54, 1.807) is 4.57 Å². The van der Waals surface area contributed by atoms with Gasteiger partial charge in [0.2, 0.25) is 0 Å². The maximum absolute atomic E-state index is 14.8. The molecule has 0 bridgehead atoms. The highest BCUT2D eigenvalue weighted by atomic mass is 19.4. The molecule has 0 amide bonds. The molecule has 30 heavy (non-hydrogen) atoms. The third-order valence-corrected chi connectivity index (χ3v) is 5.35. The third-order valence-electron chi connectivity index (χ3n) is 5.35. The fourth-order valence-corrected chi connectivity index (χ4v) is 4.18. The molecule has 158 valence electrons. The van der Waals surface area contributed by atoms with Crippen LogP contribution in [-0.4, -0.2) is 10.5 Å². The average molecular weight is 423 g/mol. The van der Waals surface area contributed by atoms with Gasteiger partial charge in [0.1, 0.15) is 17.7 Å². The van der Waals surface area contributed by atoms with Gasteiger partial charge < -0.3 is 9.30 Å². The van der Waals surface area contributed by atoms with Crippen molar-refractivity contribution in [2.75, 3.05) is 0 Å². The Bertz CT molecular complexity index is 1120. The maximum atomic E-state index is 14.8. The number of hydrogen-bond acceptors (Lipinski definition) is 2. The summed E-state index contributed by atoms with van der Waals surface area (Å²) in [5.74, 6) is -1.98.